The number of pyridine rings is 1. The summed E-state index contributed by atoms with van der Waals surface area (Å²) < 4.78 is 1.95. The molecule has 0 aliphatic carbocycles. The molecule has 0 aliphatic rings. The van der Waals surface area contributed by atoms with E-state index in [1.807, 2.05) is 36.1 Å². The predicted octanol–water partition coefficient (Wildman–Crippen LogP) is 2.11. The SMILES string of the molecule is CC(N)c1nc(-c2nc3cccnc3n2C)cs1. The van der Waals surface area contributed by atoms with Crippen molar-refractivity contribution in [1.29, 1.82) is 0 Å². The van der Waals surface area contributed by atoms with E-state index in [-0.39, 0.29) is 6.04 Å². The molecule has 3 aromatic rings. The summed E-state index contributed by atoms with van der Waals surface area (Å²) in [6.07, 6.45) is 1.77. The van der Waals surface area contributed by atoms with Crippen molar-refractivity contribution < 1.29 is 0 Å². The Morgan fingerprint density at radius 3 is 2.89 bits per heavy atom. The molecule has 0 bridgehead atoms. The van der Waals surface area contributed by atoms with Crippen molar-refractivity contribution in [2.45, 2.75) is 13.0 Å². The Bertz CT molecular complexity index is 697. The minimum Gasteiger partial charge on any atom is -0.322 e. The smallest absolute Gasteiger partial charge is 0.161 e. The molecule has 5 nitrogen and oxygen atoms in total. The highest BCUT2D eigenvalue weighted by atomic mass is 32.1. The lowest BCUT2D eigenvalue weighted by molar-refractivity contribution is 0.806. The predicted molar refractivity (Wildman–Crippen MR) is 72.2 cm³/mol. The van der Waals surface area contributed by atoms with Crippen LogP contribution in [-0.4, -0.2) is 19.5 Å². The summed E-state index contributed by atoms with van der Waals surface area (Å²) in [4.78, 5) is 13.4. The molecule has 3 heterocycles. The average Bonchev–Trinajstić information content (AvgIpc) is 2.95. The van der Waals surface area contributed by atoms with Crippen LogP contribution in [0.1, 0.15) is 18.0 Å². The summed E-state index contributed by atoms with van der Waals surface area (Å²) in [6, 6.07) is 3.79. The molecule has 0 fully saturated rings. The summed E-state index contributed by atoms with van der Waals surface area (Å²) in [6.45, 7) is 1.93. The monoisotopic (exact) mass is 259 g/mol. The second-order valence-electron chi connectivity index (χ2n) is 4.20. The average molecular weight is 259 g/mol. The third kappa shape index (κ3) is 1.70. The molecule has 2 N–H and O–H groups in total. The van der Waals surface area contributed by atoms with E-state index in [4.69, 9.17) is 5.73 Å². The van der Waals surface area contributed by atoms with Crippen LogP contribution in [0.4, 0.5) is 0 Å². The fourth-order valence-corrected chi connectivity index (χ4v) is 2.61. The number of imidazole rings is 1. The molecular weight excluding hydrogens is 246 g/mol. The van der Waals surface area contributed by atoms with Gasteiger partial charge in [-0.3, -0.25) is 0 Å². The molecule has 6 heteroatoms. The Morgan fingerprint density at radius 2 is 2.22 bits per heavy atom. The first-order valence-corrected chi connectivity index (χ1v) is 6.53. The summed E-state index contributed by atoms with van der Waals surface area (Å²) >= 11 is 1.56. The van der Waals surface area contributed by atoms with Crippen molar-refractivity contribution in [3.05, 3.63) is 28.7 Å². The molecule has 0 spiro atoms. The van der Waals surface area contributed by atoms with Gasteiger partial charge in [-0.25, -0.2) is 15.0 Å². The first-order chi connectivity index (χ1) is 8.66. The summed E-state index contributed by atoms with van der Waals surface area (Å²) in [5, 5.41) is 2.91. The van der Waals surface area contributed by atoms with E-state index in [2.05, 4.69) is 15.0 Å². The lowest BCUT2D eigenvalue weighted by Gasteiger charge is -1.99. The molecule has 3 rings (SSSR count). The van der Waals surface area contributed by atoms with E-state index < -0.39 is 0 Å². The van der Waals surface area contributed by atoms with Gasteiger partial charge in [0, 0.05) is 18.6 Å². The van der Waals surface area contributed by atoms with Gasteiger partial charge in [-0.2, -0.15) is 0 Å². The highest BCUT2D eigenvalue weighted by Crippen LogP contribution is 2.25. The van der Waals surface area contributed by atoms with Gasteiger partial charge in [0.1, 0.15) is 16.2 Å². The van der Waals surface area contributed by atoms with E-state index in [0.29, 0.717) is 0 Å². The van der Waals surface area contributed by atoms with Gasteiger partial charge < -0.3 is 10.3 Å². The Hall–Kier alpha value is -1.79. The zero-order chi connectivity index (χ0) is 12.7. The molecule has 1 unspecified atom stereocenters. The zero-order valence-electron chi connectivity index (χ0n) is 10.2. The van der Waals surface area contributed by atoms with Crippen molar-refractivity contribution in [2.75, 3.05) is 0 Å². The first-order valence-electron chi connectivity index (χ1n) is 5.65. The molecule has 92 valence electrons. The van der Waals surface area contributed by atoms with Gasteiger partial charge in [0.25, 0.3) is 0 Å². The molecule has 0 aromatic carbocycles. The Kier molecular flexibility index (Phi) is 2.61. The Labute approximate surface area is 108 Å². The highest BCUT2D eigenvalue weighted by molar-refractivity contribution is 7.10. The summed E-state index contributed by atoms with van der Waals surface area (Å²) in [7, 11) is 1.95. The molecule has 0 amide bonds. The fraction of sp³-hybridized carbons (Fsp3) is 0.250. The van der Waals surface area contributed by atoms with Crippen LogP contribution < -0.4 is 5.73 Å². The molecule has 0 aliphatic heterocycles. The molecule has 0 radical (unpaired) electrons. The van der Waals surface area contributed by atoms with Crippen LogP contribution in [-0.2, 0) is 7.05 Å². The standard InChI is InChI=1S/C12H13N5S/c1-7(13)12-16-9(6-18-12)11-15-8-4-3-5-14-10(8)17(11)2/h3-7H,13H2,1-2H3. The van der Waals surface area contributed by atoms with Crippen molar-refractivity contribution in [1.82, 2.24) is 19.5 Å². The Balaban J connectivity index is 2.15. The first kappa shape index (κ1) is 11.3. The fourth-order valence-electron chi connectivity index (χ4n) is 1.85. The van der Waals surface area contributed by atoms with E-state index in [1.165, 1.54) is 0 Å². The molecular formula is C12H13N5S. The number of hydrogen-bond acceptors (Lipinski definition) is 5. The van der Waals surface area contributed by atoms with Crippen molar-refractivity contribution in [3.63, 3.8) is 0 Å². The maximum Gasteiger partial charge on any atom is 0.161 e. The molecule has 1 atom stereocenters. The quantitative estimate of drug-likeness (QED) is 0.765. The van der Waals surface area contributed by atoms with Gasteiger partial charge in [0.05, 0.1) is 6.04 Å². The van der Waals surface area contributed by atoms with E-state index in [1.54, 1.807) is 17.5 Å². The number of fused-ring (bicyclic) bond motifs is 1. The number of hydrogen-bond donors (Lipinski definition) is 1. The van der Waals surface area contributed by atoms with Crippen LogP contribution in [0.5, 0.6) is 0 Å². The van der Waals surface area contributed by atoms with Gasteiger partial charge in [-0.1, -0.05) is 0 Å². The van der Waals surface area contributed by atoms with Gasteiger partial charge in [-0.15, -0.1) is 11.3 Å². The topological polar surface area (TPSA) is 69.6 Å². The minimum atomic E-state index is -0.0449. The van der Waals surface area contributed by atoms with E-state index in [0.717, 1.165) is 27.7 Å². The van der Waals surface area contributed by atoms with Gasteiger partial charge >= 0.3 is 0 Å². The van der Waals surface area contributed by atoms with E-state index in [9.17, 15) is 0 Å². The normalized spacial score (nSPS) is 13.1. The van der Waals surface area contributed by atoms with Crippen LogP contribution in [0.2, 0.25) is 0 Å². The number of nitrogens with zero attached hydrogens (tertiary/aromatic N) is 4. The van der Waals surface area contributed by atoms with Gasteiger partial charge in [0.2, 0.25) is 0 Å². The number of nitrogens with two attached hydrogens (primary N) is 1. The lowest BCUT2D eigenvalue weighted by atomic mass is 10.4. The van der Waals surface area contributed by atoms with Crippen LogP contribution in [0.25, 0.3) is 22.7 Å². The maximum atomic E-state index is 5.83. The van der Waals surface area contributed by atoms with Crippen LogP contribution >= 0.6 is 11.3 Å². The third-order valence-electron chi connectivity index (χ3n) is 2.77. The number of aromatic nitrogens is 4. The summed E-state index contributed by atoms with van der Waals surface area (Å²) in [5.74, 6) is 0.826. The van der Waals surface area contributed by atoms with E-state index >= 15 is 0 Å². The number of rotatable bonds is 2. The lowest BCUT2D eigenvalue weighted by Crippen LogP contribution is -2.04. The molecule has 0 saturated heterocycles. The second kappa shape index (κ2) is 4.15. The van der Waals surface area contributed by atoms with Gasteiger partial charge in [-0.05, 0) is 19.1 Å². The van der Waals surface area contributed by atoms with Crippen molar-refractivity contribution in [3.8, 4) is 11.5 Å². The summed E-state index contributed by atoms with van der Waals surface area (Å²) in [5.41, 5.74) is 8.42. The maximum absolute atomic E-state index is 5.83. The molecule has 3 aromatic heterocycles. The zero-order valence-corrected chi connectivity index (χ0v) is 11.0. The van der Waals surface area contributed by atoms with Gasteiger partial charge in [0.15, 0.2) is 11.5 Å². The van der Waals surface area contributed by atoms with Crippen LogP contribution in [0.3, 0.4) is 0 Å². The third-order valence-corrected chi connectivity index (χ3v) is 3.81. The molecule has 18 heavy (non-hydrogen) atoms. The number of aryl methyl sites for hydroxylation is 1. The van der Waals surface area contributed by atoms with Crippen molar-refractivity contribution >= 4 is 22.5 Å². The largest absolute Gasteiger partial charge is 0.322 e. The Morgan fingerprint density at radius 1 is 1.39 bits per heavy atom. The number of thiazole rings is 1. The van der Waals surface area contributed by atoms with Crippen LogP contribution in [0.15, 0.2) is 23.7 Å². The highest BCUT2D eigenvalue weighted by Gasteiger charge is 2.14. The second-order valence-corrected chi connectivity index (χ2v) is 5.09. The molecule has 0 saturated carbocycles. The van der Waals surface area contributed by atoms with Crippen molar-refractivity contribution in [2.24, 2.45) is 12.8 Å². The minimum absolute atomic E-state index is 0.0449. The van der Waals surface area contributed by atoms with Crippen LogP contribution in [0, 0.1) is 0 Å².